The van der Waals surface area contributed by atoms with Crippen LogP contribution in [0.1, 0.15) is 58.1 Å². The average Bonchev–Trinajstić information content (AvgIpc) is 2.33. The molecule has 2 N–H and O–H groups in total. The predicted molar refractivity (Wildman–Crippen MR) is 73.5 cm³/mol. The molecule has 1 aromatic heterocycles. The van der Waals surface area contributed by atoms with Crippen molar-refractivity contribution in [2.75, 3.05) is 0 Å². The van der Waals surface area contributed by atoms with Crippen LogP contribution in [0.5, 0.6) is 5.88 Å². The lowest BCUT2D eigenvalue weighted by Crippen LogP contribution is -2.28. The van der Waals surface area contributed by atoms with Crippen LogP contribution >= 0.6 is 0 Å². The molecular formula is C15H24N2O. The van der Waals surface area contributed by atoms with Crippen molar-refractivity contribution in [3.63, 3.8) is 0 Å². The Labute approximate surface area is 110 Å². The highest BCUT2D eigenvalue weighted by Gasteiger charge is 2.27. The number of aromatic nitrogens is 1. The van der Waals surface area contributed by atoms with Crippen molar-refractivity contribution in [2.45, 2.75) is 58.6 Å². The average molecular weight is 248 g/mol. The Morgan fingerprint density at radius 3 is 2.50 bits per heavy atom. The molecular weight excluding hydrogens is 224 g/mol. The number of hydrogen-bond donors (Lipinski definition) is 1. The van der Waals surface area contributed by atoms with Gasteiger partial charge in [-0.05, 0) is 43.6 Å². The molecule has 1 heterocycles. The van der Waals surface area contributed by atoms with E-state index in [9.17, 15) is 0 Å². The van der Waals surface area contributed by atoms with Crippen molar-refractivity contribution in [2.24, 2.45) is 11.1 Å². The highest BCUT2D eigenvalue weighted by molar-refractivity contribution is 5.20. The standard InChI is InChI=1S/C15H24N2O/c1-11(16)12-4-5-14(17-10-12)18-13-6-8-15(2,3)9-7-13/h4-5,10-11,13H,6-9,16H2,1-3H3. The van der Waals surface area contributed by atoms with Gasteiger partial charge in [0.05, 0.1) is 0 Å². The van der Waals surface area contributed by atoms with Crippen molar-refractivity contribution in [1.29, 1.82) is 0 Å². The van der Waals surface area contributed by atoms with Crippen molar-refractivity contribution in [3.05, 3.63) is 23.9 Å². The fourth-order valence-electron chi connectivity index (χ4n) is 2.39. The topological polar surface area (TPSA) is 48.1 Å². The molecule has 0 radical (unpaired) electrons. The van der Waals surface area contributed by atoms with E-state index >= 15 is 0 Å². The van der Waals surface area contributed by atoms with Crippen LogP contribution in [0.2, 0.25) is 0 Å². The summed E-state index contributed by atoms with van der Waals surface area (Å²) in [5.74, 6) is 0.726. The number of hydrogen-bond acceptors (Lipinski definition) is 3. The van der Waals surface area contributed by atoms with Crippen molar-refractivity contribution in [1.82, 2.24) is 4.98 Å². The Hall–Kier alpha value is -1.09. The Morgan fingerprint density at radius 2 is 2.00 bits per heavy atom. The van der Waals surface area contributed by atoms with E-state index in [1.54, 1.807) is 0 Å². The second-order valence-electron chi connectivity index (χ2n) is 6.20. The van der Waals surface area contributed by atoms with Gasteiger partial charge in [-0.2, -0.15) is 0 Å². The Balaban J connectivity index is 1.90. The van der Waals surface area contributed by atoms with Gasteiger partial charge in [-0.15, -0.1) is 0 Å². The number of ether oxygens (including phenoxy) is 1. The van der Waals surface area contributed by atoms with E-state index < -0.39 is 0 Å². The predicted octanol–water partition coefficient (Wildman–Crippen LogP) is 3.45. The molecule has 0 spiro atoms. The van der Waals surface area contributed by atoms with Crippen molar-refractivity contribution >= 4 is 0 Å². The summed E-state index contributed by atoms with van der Waals surface area (Å²) >= 11 is 0. The molecule has 1 unspecified atom stereocenters. The van der Waals surface area contributed by atoms with Crippen LogP contribution in [0.4, 0.5) is 0 Å². The Morgan fingerprint density at radius 1 is 1.33 bits per heavy atom. The summed E-state index contributed by atoms with van der Waals surface area (Å²) in [5.41, 5.74) is 7.32. The summed E-state index contributed by atoms with van der Waals surface area (Å²) in [6, 6.07) is 3.96. The van der Waals surface area contributed by atoms with Crippen LogP contribution in [-0.2, 0) is 0 Å². The lowest BCUT2D eigenvalue weighted by molar-refractivity contribution is 0.0949. The van der Waals surface area contributed by atoms with Crippen molar-refractivity contribution in [3.8, 4) is 5.88 Å². The molecule has 100 valence electrons. The normalized spacial score (nSPS) is 21.6. The quantitative estimate of drug-likeness (QED) is 0.891. The second kappa shape index (κ2) is 5.27. The van der Waals surface area contributed by atoms with Crippen LogP contribution in [0, 0.1) is 5.41 Å². The highest BCUT2D eigenvalue weighted by Crippen LogP contribution is 2.36. The molecule has 0 amide bonds. The molecule has 1 saturated carbocycles. The molecule has 1 aliphatic carbocycles. The monoisotopic (exact) mass is 248 g/mol. The van der Waals surface area contributed by atoms with Crippen LogP contribution in [0.15, 0.2) is 18.3 Å². The molecule has 1 atom stereocenters. The SMILES string of the molecule is CC(N)c1ccc(OC2CCC(C)(C)CC2)nc1. The van der Waals surface area contributed by atoms with Gasteiger partial charge < -0.3 is 10.5 Å². The van der Waals surface area contributed by atoms with Gasteiger partial charge >= 0.3 is 0 Å². The van der Waals surface area contributed by atoms with E-state index in [4.69, 9.17) is 10.5 Å². The van der Waals surface area contributed by atoms with Crippen molar-refractivity contribution < 1.29 is 4.74 Å². The first-order chi connectivity index (χ1) is 8.46. The molecule has 0 aromatic carbocycles. The molecule has 18 heavy (non-hydrogen) atoms. The third-order valence-electron chi connectivity index (χ3n) is 3.86. The van der Waals surface area contributed by atoms with Gasteiger partial charge in [0.25, 0.3) is 0 Å². The maximum atomic E-state index is 5.93. The van der Waals surface area contributed by atoms with Crippen LogP contribution in [-0.4, -0.2) is 11.1 Å². The van der Waals surface area contributed by atoms with E-state index in [0.717, 1.165) is 24.3 Å². The van der Waals surface area contributed by atoms with Crippen LogP contribution in [0.25, 0.3) is 0 Å². The Bertz CT molecular complexity index is 374. The van der Waals surface area contributed by atoms with Gasteiger partial charge in [0.1, 0.15) is 6.10 Å². The molecule has 0 bridgehead atoms. The lowest BCUT2D eigenvalue weighted by atomic mass is 9.76. The molecule has 0 saturated heterocycles. The van der Waals surface area contributed by atoms with Gasteiger partial charge in [0, 0.05) is 18.3 Å². The first-order valence-corrected chi connectivity index (χ1v) is 6.84. The highest BCUT2D eigenvalue weighted by atomic mass is 16.5. The minimum absolute atomic E-state index is 0.0297. The van der Waals surface area contributed by atoms with E-state index in [0.29, 0.717) is 11.5 Å². The van der Waals surface area contributed by atoms with Gasteiger partial charge in [-0.3, -0.25) is 0 Å². The summed E-state index contributed by atoms with van der Waals surface area (Å²) in [6.07, 6.45) is 6.86. The molecule has 3 heteroatoms. The molecule has 0 aliphatic heterocycles. The first-order valence-electron chi connectivity index (χ1n) is 6.84. The first kappa shape index (κ1) is 13.3. The fourth-order valence-corrected chi connectivity index (χ4v) is 2.39. The molecule has 2 rings (SSSR count). The molecule has 1 aliphatic rings. The third-order valence-corrected chi connectivity index (χ3v) is 3.86. The van der Waals surface area contributed by atoms with Crippen LogP contribution in [0.3, 0.4) is 0 Å². The zero-order chi connectivity index (χ0) is 13.2. The third kappa shape index (κ3) is 3.45. The van der Waals surface area contributed by atoms with Gasteiger partial charge in [-0.1, -0.05) is 19.9 Å². The summed E-state index contributed by atoms with van der Waals surface area (Å²) in [4.78, 5) is 4.33. The minimum Gasteiger partial charge on any atom is -0.474 e. The fraction of sp³-hybridized carbons (Fsp3) is 0.667. The zero-order valence-corrected chi connectivity index (χ0v) is 11.6. The van der Waals surface area contributed by atoms with Gasteiger partial charge in [-0.25, -0.2) is 4.98 Å². The molecule has 3 nitrogen and oxygen atoms in total. The van der Waals surface area contributed by atoms with Crippen LogP contribution < -0.4 is 10.5 Å². The number of nitrogens with zero attached hydrogens (tertiary/aromatic N) is 1. The molecule has 1 fully saturated rings. The van der Waals surface area contributed by atoms with E-state index in [-0.39, 0.29) is 6.04 Å². The minimum atomic E-state index is 0.0297. The van der Waals surface area contributed by atoms with E-state index in [2.05, 4.69) is 18.8 Å². The number of pyridine rings is 1. The maximum Gasteiger partial charge on any atom is 0.213 e. The maximum absolute atomic E-state index is 5.93. The summed E-state index contributed by atoms with van der Waals surface area (Å²) in [5, 5.41) is 0. The number of nitrogens with two attached hydrogens (primary N) is 1. The number of rotatable bonds is 3. The lowest BCUT2D eigenvalue weighted by Gasteiger charge is -2.34. The van der Waals surface area contributed by atoms with Gasteiger partial charge in [0.2, 0.25) is 5.88 Å². The smallest absolute Gasteiger partial charge is 0.213 e. The van der Waals surface area contributed by atoms with E-state index in [1.165, 1.54) is 12.8 Å². The summed E-state index contributed by atoms with van der Waals surface area (Å²) in [6.45, 7) is 6.62. The summed E-state index contributed by atoms with van der Waals surface area (Å²) < 4.78 is 5.93. The van der Waals surface area contributed by atoms with Gasteiger partial charge in [0.15, 0.2) is 0 Å². The zero-order valence-electron chi connectivity index (χ0n) is 11.6. The summed E-state index contributed by atoms with van der Waals surface area (Å²) in [7, 11) is 0. The largest absolute Gasteiger partial charge is 0.474 e. The second-order valence-corrected chi connectivity index (χ2v) is 6.20. The molecule has 1 aromatic rings. The van der Waals surface area contributed by atoms with E-state index in [1.807, 2.05) is 25.3 Å². The Kier molecular flexibility index (Phi) is 3.91.